The van der Waals surface area contributed by atoms with Gasteiger partial charge in [-0.05, 0) is 60.7 Å². The van der Waals surface area contributed by atoms with Gasteiger partial charge in [0.15, 0.2) is 0 Å². The van der Waals surface area contributed by atoms with Gasteiger partial charge in [-0.2, -0.15) is 0 Å². The van der Waals surface area contributed by atoms with Crippen molar-refractivity contribution >= 4 is 17.2 Å². The molecule has 2 aliphatic rings. The molecule has 0 aliphatic carbocycles. The molecule has 0 spiro atoms. The van der Waals surface area contributed by atoms with Gasteiger partial charge in [0.2, 0.25) is 5.91 Å². The Morgan fingerprint density at radius 2 is 1.96 bits per heavy atom. The Bertz CT molecular complexity index is 761. The lowest BCUT2D eigenvalue weighted by Gasteiger charge is -2.40. The van der Waals surface area contributed by atoms with Crippen LogP contribution in [0.5, 0.6) is 0 Å². The van der Waals surface area contributed by atoms with Crippen LogP contribution in [0.4, 0.5) is 0 Å². The summed E-state index contributed by atoms with van der Waals surface area (Å²) in [6.07, 6.45) is 4.93. The lowest BCUT2D eigenvalue weighted by atomic mass is 9.98. The summed E-state index contributed by atoms with van der Waals surface area (Å²) in [4.78, 5) is 18.9. The molecule has 0 N–H and O–H groups in total. The van der Waals surface area contributed by atoms with Crippen molar-refractivity contribution in [2.24, 2.45) is 0 Å². The molecule has 2 aliphatic heterocycles. The van der Waals surface area contributed by atoms with Gasteiger partial charge in [-0.15, -0.1) is 11.3 Å². The fourth-order valence-electron chi connectivity index (χ4n) is 4.35. The first-order valence-electron chi connectivity index (χ1n) is 9.82. The molecule has 4 heteroatoms. The van der Waals surface area contributed by atoms with Gasteiger partial charge in [-0.25, -0.2) is 0 Å². The number of benzene rings is 1. The minimum Gasteiger partial charge on any atom is -0.343 e. The van der Waals surface area contributed by atoms with Crippen LogP contribution in [-0.2, 0) is 24.2 Å². The Hall–Kier alpha value is -1.65. The van der Waals surface area contributed by atoms with E-state index in [-0.39, 0.29) is 0 Å². The number of likely N-dealkylation sites (tertiary alicyclic amines) is 1. The van der Waals surface area contributed by atoms with E-state index < -0.39 is 0 Å². The van der Waals surface area contributed by atoms with Gasteiger partial charge in [0.25, 0.3) is 0 Å². The summed E-state index contributed by atoms with van der Waals surface area (Å²) < 4.78 is 0. The topological polar surface area (TPSA) is 23.6 Å². The second-order valence-corrected chi connectivity index (χ2v) is 8.63. The molecule has 0 atom stereocenters. The highest BCUT2D eigenvalue weighted by atomic mass is 32.1. The number of rotatable bonds is 4. The van der Waals surface area contributed by atoms with E-state index in [4.69, 9.17) is 0 Å². The van der Waals surface area contributed by atoms with Gasteiger partial charge in [0.1, 0.15) is 0 Å². The van der Waals surface area contributed by atoms with Crippen LogP contribution < -0.4 is 0 Å². The maximum Gasteiger partial charge on any atom is 0.222 e. The van der Waals surface area contributed by atoms with E-state index >= 15 is 0 Å². The van der Waals surface area contributed by atoms with Crippen LogP contribution in [0.15, 0.2) is 35.7 Å². The molecule has 3 nitrogen and oxygen atoms in total. The standard InChI is InChI=1S/C22H28N2OS/c1-17-4-2-3-5-18(17)6-7-22(25)23-12-8-20(9-13-23)24-14-10-21-19(16-24)11-15-26-21/h2-5,11,15,20H,6-10,12-14,16H2,1H3. The van der Waals surface area contributed by atoms with E-state index in [0.717, 1.165) is 38.9 Å². The number of fused-ring (bicyclic) bond motifs is 1. The van der Waals surface area contributed by atoms with Gasteiger partial charge >= 0.3 is 0 Å². The molecule has 0 radical (unpaired) electrons. The zero-order valence-electron chi connectivity index (χ0n) is 15.6. The molecule has 1 amide bonds. The number of aryl methyl sites for hydroxylation is 2. The predicted molar refractivity (Wildman–Crippen MR) is 108 cm³/mol. The lowest BCUT2D eigenvalue weighted by Crippen LogP contribution is -2.48. The van der Waals surface area contributed by atoms with Gasteiger partial charge in [0, 0.05) is 43.5 Å². The molecule has 3 heterocycles. The van der Waals surface area contributed by atoms with Crippen LogP contribution in [0.2, 0.25) is 0 Å². The third-order valence-corrected chi connectivity index (χ3v) is 7.06. The second-order valence-electron chi connectivity index (χ2n) is 7.63. The molecular weight excluding hydrogens is 340 g/mol. The van der Waals surface area contributed by atoms with Gasteiger partial charge < -0.3 is 4.90 Å². The Balaban J connectivity index is 1.26. The maximum absolute atomic E-state index is 12.6. The van der Waals surface area contributed by atoms with Gasteiger partial charge in [-0.3, -0.25) is 9.69 Å². The predicted octanol–water partition coefficient (Wildman–Crippen LogP) is 4.04. The largest absolute Gasteiger partial charge is 0.343 e. The fourth-order valence-corrected chi connectivity index (χ4v) is 5.24. The van der Waals surface area contributed by atoms with E-state index in [2.05, 4.69) is 52.4 Å². The zero-order valence-corrected chi connectivity index (χ0v) is 16.4. The number of piperidine rings is 1. The first kappa shape index (κ1) is 17.7. The average molecular weight is 369 g/mol. The number of amides is 1. The van der Waals surface area contributed by atoms with Crippen LogP contribution >= 0.6 is 11.3 Å². The fraction of sp³-hybridized carbons (Fsp3) is 0.500. The number of nitrogens with zero attached hydrogens (tertiary/aromatic N) is 2. The quantitative estimate of drug-likeness (QED) is 0.813. The molecule has 0 unspecified atom stereocenters. The highest BCUT2D eigenvalue weighted by Crippen LogP contribution is 2.28. The Morgan fingerprint density at radius 1 is 1.15 bits per heavy atom. The minimum atomic E-state index is 0.325. The van der Waals surface area contributed by atoms with E-state index in [0.29, 0.717) is 18.4 Å². The molecule has 1 saturated heterocycles. The van der Waals surface area contributed by atoms with E-state index in [1.54, 1.807) is 4.88 Å². The first-order chi connectivity index (χ1) is 12.7. The second kappa shape index (κ2) is 7.93. The summed E-state index contributed by atoms with van der Waals surface area (Å²) in [5, 5.41) is 2.23. The van der Waals surface area contributed by atoms with Gasteiger partial charge in [0.05, 0.1) is 0 Å². The Kier molecular flexibility index (Phi) is 5.41. The molecular formula is C22H28N2OS. The number of carbonyl (C=O) groups is 1. The van der Waals surface area contributed by atoms with Gasteiger partial charge in [-0.1, -0.05) is 24.3 Å². The minimum absolute atomic E-state index is 0.325. The number of thiophene rings is 1. The van der Waals surface area contributed by atoms with E-state index in [1.165, 1.54) is 29.7 Å². The van der Waals surface area contributed by atoms with Crippen LogP contribution in [-0.4, -0.2) is 41.4 Å². The van der Waals surface area contributed by atoms with E-state index in [9.17, 15) is 4.79 Å². The molecule has 2 aromatic rings. The van der Waals surface area contributed by atoms with E-state index in [1.807, 2.05) is 11.3 Å². The summed E-state index contributed by atoms with van der Waals surface area (Å²) in [7, 11) is 0. The molecule has 1 fully saturated rings. The molecule has 1 aromatic carbocycles. The van der Waals surface area contributed by atoms with Crippen LogP contribution in [0.1, 0.15) is 40.8 Å². The smallest absolute Gasteiger partial charge is 0.222 e. The van der Waals surface area contributed by atoms with Crippen molar-refractivity contribution in [1.82, 2.24) is 9.80 Å². The lowest BCUT2D eigenvalue weighted by molar-refractivity contribution is -0.132. The summed E-state index contributed by atoms with van der Waals surface area (Å²) in [6, 6.07) is 11.3. The van der Waals surface area contributed by atoms with Crippen LogP contribution in [0.25, 0.3) is 0 Å². The van der Waals surface area contributed by atoms with Crippen molar-refractivity contribution < 1.29 is 4.79 Å². The first-order valence-corrected chi connectivity index (χ1v) is 10.7. The van der Waals surface area contributed by atoms with Crippen molar-refractivity contribution in [1.29, 1.82) is 0 Å². The number of hydrogen-bond acceptors (Lipinski definition) is 3. The van der Waals surface area contributed by atoms with Crippen molar-refractivity contribution in [3.05, 3.63) is 57.3 Å². The normalized spacial score (nSPS) is 18.7. The van der Waals surface area contributed by atoms with Crippen molar-refractivity contribution in [2.45, 2.75) is 51.6 Å². The van der Waals surface area contributed by atoms with Crippen molar-refractivity contribution in [2.75, 3.05) is 19.6 Å². The third-order valence-electron chi connectivity index (χ3n) is 6.04. The summed E-state index contributed by atoms with van der Waals surface area (Å²) >= 11 is 1.90. The van der Waals surface area contributed by atoms with Crippen molar-refractivity contribution in [3.63, 3.8) is 0 Å². The van der Waals surface area contributed by atoms with Crippen LogP contribution in [0, 0.1) is 6.92 Å². The molecule has 0 saturated carbocycles. The summed E-state index contributed by atoms with van der Waals surface area (Å²) in [5.74, 6) is 0.325. The third kappa shape index (κ3) is 3.86. The van der Waals surface area contributed by atoms with Crippen LogP contribution in [0.3, 0.4) is 0 Å². The maximum atomic E-state index is 12.6. The molecule has 0 bridgehead atoms. The zero-order chi connectivity index (χ0) is 17.9. The summed E-state index contributed by atoms with van der Waals surface area (Å²) in [5.41, 5.74) is 4.12. The number of hydrogen-bond donors (Lipinski definition) is 0. The molecule has 26 heavy (non-hydrogen) atoms. The average Bonchev–Trinajstić information content (AvgIpc) is 3.15. The number of carbonyl (C=O) groups excluding carboxylic acids is 1. The van der Waals surface area contributed by atoms with Crippen molar-refractivity contribution in [3.8, 4) is 0 Å². The highest BCUT2D eigenvalue weighted by Gasteiger charge is 2.29. The highest BCUT2D eigenvalue weighted by molar-refractivity contribution is 7.10. The monoisotopic (exact) mass is 368 g/mol. The molecule has 4 rings (SSSR count). The SMILES string of the molecule is Cc1ccccc1CCC(=O)N1CCC(N2CCc3sccc3C2)CC1. The Labute approximate surface area is 160 Å². The summed E-state index contributed by atoms with van der Waals surface area (Å²) in [6.45, 7) is 6.25. The molecule has 138 valence electrons. The molecule has 1 aromatic heterocycles. The Morgan fingerprint density at radius 3 is 2.77 bits per heavy atom.